The third-order valence-corrected chi connectivity index (χ3v) is 4.89. The average Bonchev–Trinajstić information content (AvgIpc) is 2.74. The molecule has 4 amide bonds. The fourth-order valence-electron chi connectivity index (χ4n) is 3.17. The normalized spacial score (nSPS) is 27.7. The molecule has 2 unspecified atom stereocenters. The van der Waals surface area contributed by atoms with Gasteiger partial charge in [0.05, 0.1) is 0 Å². The van der Waals surface area contributed by atoms with E-state index < -0.39 is 11.6 Å². The summed E-state index contributed by atoms with van der Waals surface area (Å²) in [5.41, 5.74) is -0.848. The fourth-order valence-corrected chi connectivity index (χ4v) is 3.17. The minimum atomic E-state index is -0.848. The molecule has 2 saturated heterocycles. The lowest BCUT2D eigenvalue weighted by atomic mass is 9.93. The van der Waals surface area contributed by atoms with Crippen LogP contribution in [0.5, 0.6) is 0 Å². The van der Waals surface area contributed by atoms with Crippen LogP contribution in [0.25, 0.3) is 0 Å². The van der Waals surface area contributed by atoms with Crippen molar-refractivity contribution in [1.82, 2.24) is 20.9 Å². The van der Waals surface area contributed by atoms with Crippen molar-refractivity contribution in [1.29, 1.82) is 0 Å². The van der Waals surface area contributed by atoms with Gasteiger partial charge in [-0.1, -0.05) is 20.8 Å². The van der Waals surface area contributed by atoms with Crippen molar-refractivity contribution < 1.29 is 14.4 Å². The maximum Gasteiger partial charge on any atom is 0.325 e. The van der Waals surface area contributed by atoms with Gasteiger partial charge < -0.3 is 16.0 Å². The van der Waals surface area contributed by atoms with Gasteiger partial charge in [0, 0.05) is 6.04 Å². The standard InChI is InChI=1S/C15H26N4O3/c1-4-15(5-2)13(21)19(14(22)18-15)9-12(20)17-11-6-7-16-8-10(11)3/h10-11,16H,4-9H2,1-3H3,(H,17,20)(H,18,22). The monoisotopic (exact) mass is 310 g/mol. The Morgan fingerprint density at radius 1 is 1.36 bits per heavy atom. The molecular formula is C15H26N4O3. The molecule has 3 N–H and O–H groups in total. The molecule has 2 rings (SSSR count). The molecule has 7 heteroatoms. The minimum absolute atomic E-state index is 0.0941. The first-order chi connectivity index (χ1) is 10.4. The number of rotatable bonds is 5. The molecule has 2 fully saturated rings. The van der Waals surface area contributed by atoms with Gasteiger partial charge >= 0.3 is 6.03 Å². The van der Waals surface area contributed by atoms with Crippen LogP contribution in [0.1, 0.15) is 40.0 Å². The van der Waals surface area contributed by atoms with E-state index >= 15 is 0 Å². The lowest BCUT2D eigenvalue weighted by Gasteiger charge is -2.30. The first-order valence-corrected chi connectivity index (χ1v) is 8.07. The number of imide groups is 1. The molecule has 7 nitrogen and oxygen atoms in total. The third-order valence-electron chi connectivity index (χ3n) is 4.89. The van der Waals surface area contributed by atoms with E-state index in [0.29, 0.717) is 18.8 Å². The second kappa shape index (κ2) is 6.64. The van der Waals surface area contributed by atoms with Gasteiger partial charge in [0.2, 0.25) is 5.91 Å². The van der Waals surface area contributed by atoms with E-state index in [0.717, 1.165) is 24.4 Å². The van der Waals surface area contributed by atoms with Gasteiger partial charge in [0.1, 0.15) is 12.1 Å². The summed E-state index contributed by atoms with van der Waals surface area (Å²) in [5.74, 6) is -0.229. The van der Waals surface area contributed by atoms with Crippen LogP contribution in [-0.4, -0.2) is 54.0 Å². The molecule has 0 aromatic heterocycles. The zero-order valence-corrected chi connectivity index (χ0v) is 13.6. The van der Waals surface area contributed by atoms with Crippen molar-refractivity contribution in [3.05, 3.63) is 0 Å². The number of carbonyl (C=O) groups is 3. The molecule has 0 aliphatic carbocycles. The third kappa shape index (κ3) is 3.09. The molecule has 2 aliphatic rings. The van der Waals surface area contributed by atoms with Gasteiger partial charge in [-0.25, -0.2) is 4.79 Å². The van der Waals surface area contributed by atoms with Crippen molar-refractivity contribution in [2.75, 3.05) is 19.6 Å². The molecule has 0 saturated carbocycles. The summed E-state index contributed by atoms with van der Waals surface area (Å²) < 4.78 is 0. The van der Waals surface area contributed by atoms with E-state index in [-0.39, 0.29) is 24.4 Å². The van der Waals surface area contributed by atoms with Crippen molar-refractivity contribution in [3.8, 4) is 0 Å². The molecular weight excluding hydrogens is 284 g/mol. The van der Waals surface area contributed by atoms with E-state index in [9.17, 15) is 14.4 Å². The van der Waals surface area contributed by atoms with Crippen LogP contribution in [0.15, 0.2) is 0 Å². The second-order valence-electron chi connectivity index (χ2n) is 6.25. The van der Waals surface area contributed by atoms with Crippen LogP contribution in [-0.2, 0) is 9.59 Å². The van der Waals surface area contributed by atoms with Gasteiger partial charge in [0.15, 0.2) is 0 Å². The summed E-state index contributed by atoms with van der Waals surface area (Å²) in [4.78, 5) is 37.7. The largest absolute Gasteiger partial charge is 0.351 e. The molecule has 0 aromatic carbocycles. The summed E-state index contributed by atoms with van der Waals surface area (Å²) in [6.07, 6.45) is 1.91. The zero-order chi connectivity index (χ0) is 16.3. The first kappa shape index (κ1) is 16.7. The Morgan fingerprint density at radius 3 is 2.59 bits per heavy atom. The Balaban J connectivity index is 1.96. The summed E-state index contributed by atoms with van der Waals surface area (Å²) in [5, 5.41) is 8.95. The van der Waals surface area contributed by atoms with Gasteiger partial charge in [-0.05, 0) is 38.3 Å². The quantitative estimate of drug-likeness (QED) is 0.633. The maximum absolute atomic E-state index is 12.4. The highest BCUT2D eigenvalue weighted by atomic mass is 16.2. The molecule has 0 radical (unpaired) electrons. The lowest BCUT2D eigenvalue weighted by molar-refractivity contribution is -0.135. The summed E-state index contributed by atoms with van der Waals surface area (Å²) >= 11 is 0. The number of amides is 4. The highest BCUT2D eigenvalue weighted by Gasteiger charge is 2.49. The fraction of sp³-hybridized carbons (Fsp3) is 0.800. The lowest BCUT2D eigenvalue weighted by Crippen LogP contribution is -2.51. The van der Waals surface area contributed by atoms with Crippen molar-refractivity contribution in [2.24, 2.45) is 5.92 Å². The molecule has 2 heterocycles. The Labute approximate surface area is 131 Å². The van der Waals surface area contributed by atoms with Crippen LogP contribution in [0.3, 0.4) is 0 Å². The van der Waals surface area contributed by atoms with E-state index in [4.69, 9.17) is 0 Å². The second-order valence-corrected chi connectivity index (χ2v) is 6.25. The summed E-state index contributed by atoms with van der Waals surface area (Å²) in [6.45, 7) is 7.33. The highest BCUT2D eigenvalue weighted by Crippen LogP contribution is 2.24. The van der Waals surface area contributed by atoms with Crippen molar-refractivity contribution in [2.45, 2.75) is 51.6 Å². The molecule has 2 atom stereocenters. The molecule has 0 spiro atoms. The van der Waals surface area contributed by atoms with Gasteiger partial charge in [-0.15, -0.1) is 0 Å². The number of hydrogen-bond donors (Lipinski definition) is 3. The predicted octanol–water partition coefficient (Wildman–Crippen LogP) is 0.211. The van der Waals surface area contributed by atoms with Gasteiger partial charge in [-0.3, -0.25) is 14.5 Å². The number of hydrogen-bond acceptors (Lipinski definition) is 4. The van der Waals surface area contributed by atoms with Gasteiger partial charge in [-0.2, -0.15) is 0 Å². The molecule has 2 aliphatic heterocycles. The van der Waals surface area contributed by atoms with Crippen LogP contribution >= 0.6 is 0 Å². The molecule has 124 valence electrons. The zero-order valence-electron chi connectivity index (χ0n) is 13.6. The Morgan fingerprint density at radius 2 is 2.05 bits per heavy atom. The Kier molecular flexibility index (Phi) is 5.05. The van der Waals surface area contributed by atoms with E-state index in [1.54, 1.807) is 0 Å². The van der Waals surface area contributed by atoms with E-state index in [1.807, 2.05) is 13.8 Å². The first-order valence-electron chi connectivity index (χ1n) is 8.07. The summed E-state index contributed by atoms with van der Waals surface area (Å²) in [7, 11) is 0. The van der Waals surface area contributed by atoms with Gasteiger partial charge in [0.25, 0.3) is 5.91 Å². The van der Waals surface area contributed by atoms with Crippen LogP contribution in [0.2, 0.25) is 0 Å². The SMILES string of the molecule is CCC1(CC)NC(=O)N(CC(=O)NC2CCNCC2C)C1=O. The number of nitrogens with zero attached hydrogens (tertiary/aromatic N) is 1. The molecule has 0 aromatic rings. The van der Waals surface area contributed by atoms with Crippen molar-refractivity contribution in [3.63, 3.8) is 0 Å². The average molecular weight is 310 g/mol. The minimum Gasteiger partial charge on any atom is -0.351 e. The van der Waals surface area contributed by atoms with Crippen LogP contribution in [0, 0.1) is 5.92 Å². The molecule has 22 heavy (non-hydrogen) atoms. The van der Waals surface area contributed by atoms with E-state index in [1.165, 1.54) is 0 Å². The highest BCUT2D eigenvalue weighted by molar-refractivity contribution is 6.08. The Hall–Kier alpha value is -1.63. The predicted molar refractivity (Wildman–Crippen MR) is 82.1 cm³/mol. The summed E-state index contributed by atoms with van der Waals surface area (Å²) in [6, 6.07) is -0.376. The maximum atomic E-state index is 12.4. The molecule has 0 bridgehead atoms. The number of nitrogens with one attached hydrogen (secondary N) is 3. The smallest absolute Gasteiger partial charge is 0.325 e. The number of carbonyl (C=O) groups excluding carboxylic acids is 3. The number of piperidine rings is 1. The van der Waals surface area contributed by atoms with Crippen LogP contribution in [0.4, 0.5) is 4.79 Å². The number of urea groups is 1. The Bertz CT molecular complexity index is 462. The van der Waals surface area contributed by atoms with Crippen LogP contribution < -0.4 is 16.0 Å². The van der Waals surface area contributed by atoms with E-state index in [2.05, 4.69) is 22.9 Å². The van der Waals surface area contributed by atoms with Crippen molar-refractivity contribution >= 4 is 17.8 Å². The topological polar surface area (TPSA) is 90.5 Å².